The SMILES string of the molecule is COC(=O)c1nc(Cl)nc2ccc(C(F)(F)F)cc12. The summed E-state index contributed by atoms with van der Waals surface area (Å²) in [5.41, 5.74) is -1.08. The molecular formula is C11H6ClF3N2O2. The zero-order chi connectivity index (χ0) is 14.2. The normalized spacial score (nSPS) is 11.6. The number of halogens is 4. The van der Waals surface area contributed by atoms with Gasteiger partial charge in [-0.3, -0.25) is 0 Å². The molecule has 0 fully saturated rings. The Balaban J connectivity index is 2.76. The number of ether oxygens (including phenoxy) is 1. The van der Waals surface area contributed by atoms with Crippen LogP contribution in [0.4, 0.5) is 13.2 Å². The maximum atomic E-state index is 12.6. The van der Waals surface area contributed by atoms with E-state index in [-0.39, 0.29) is 21.9 Å². The lowest BCUT2D eigenvalue weighted by atomic mass is 10.1. The molecule has 0 atom stereocenters. The topological polar surface area (TPSA) is 52.1 Å². The predicted molar refractivity (Wildman–Crippen MR) is 60.9 cm³/mol. The first-order valence-electron chi connectivity index (χ1n) is 4.95. The molecule has 0 N–H and O–H groups in total. The first-order valence-corrected chi connectivity index (χ1v) is 5.33. The summed E-state index contributed by atoms with van der Waals surface area (Å²) in [5, 5.41) is -0.307. The average molecular weight is 291 g/mol. The van der Waals surface area contributed by atoms with Crippen LogP contribution in [0, 0.1) is 0 Å². The minimum absolute atomic E-state index is 0.0638. The molecule has 8 heteroatoms. The second kappa shape index (κ2) is 4.65. The molecule has 2 rings (SSSR count). The van der Waals surface area contributed by atoms with E-state index in [2.05, 4.69) is 14.7 Å². The van der Waals surface area contributed by atoms with Crippen molar-refractivity contribution in [1.29, 1.82) is 0 Å². The van der Waals surface area contributed by atoms with Gasteiger partial charge < -0.3 is 4.74 Å². The largest absolute Gasteiger partial charge is 0.464 e. The van der Waals surface area contributed by atoms with Gasteiger partial charge in [-0.25, -0.2) is 14.8 Å². The van der Waals surface area contributed by atoms with E-state index in [1.165, 1.54) is 0 Å². The van der Waals surface area contributed by atoms with E-state index in [9.17, 15) is 18.0 Å². The van der Waals surface area contributed by atoms with Crippen molar-refractivity contribution < 1.29 is 22.7 Å². The van der Waals surface area contributed by atoms with Crippen molar-refractivity contribution in [2.24, 2.45) is 0 Å². The van der Waals surface area contributed by atoms with Gasteiger partial charge in [0.1, 0.15) is 0 Å². The molecule has 0 spiro atoms. The van der Waals surface area contributed by atoms with Gasteiger partial charge in [0.2, 0.25) is 5.28 Å². The predicted octanol–water partition coefficient (Wildman–Crippen LogP) is 3.09. The molecule has 0 aliphatic carbocycles. The molecule has 0 bridgehead atoms. The Labute approximate surface area is 110 Å². The number of carbonyl (C=O) groups excluding carboxylic acids is 1. The van der Waals surface area contributed by atoms with Gasteiger partial charge >= 0.3 is 12.1 Å². The van der Waals surface area contributed by atoms with Crippen LogP contribution in [-0.4, -0.2) is 23.0 Å². The van der Waals surface area contributed by atoms with Crippen molar-refractivity contribution in [2.75, 3.05) is 7.11 Å². The molecule has 100 valence electrons. The molecule has 0 amide bonds. The summed E-state index contributed by atoms with van der Waals surface area (Å²) < 4.78 is 42.3. The molecule has 0 aliphatic rings. The van der Waals surface area contributed by atoms with Crippen molar-refractivity contribution in [3.05, 3.63) is 34.7 Å². The van der Waals surface area contributed by atoms with Crippen LogP contribution >= 0.6 is 11.6 Å². The second-order valence-corrected chi connectivity index (χ2v) is 3.90. The Morgan fingerprint density at radius 1 is 1.32 bits per heavy atom. The number of esters is 1. The third-order valence-electron chi connectivity index (χ3n) is 2.37. The van der Waals surface area contributed by atoms with E-state index in [4.69, 9.17) is 11.6 Å². The summed E-state index contributed by atoms with van der Waals surface area (Å²) in [7, 11) is 1.10. The summed E-state index contributed by atoms with van der Waals surface area (Å²) in [4.78, 5) is 18.9. The minimum Gasteiger partial charge on any atom is -0.464 e. The van der Waals surface area contributed by atoms with Crippen molar-refractivity contribution in [3.63, 3.8) is 0 Å². The van der Waals surface area contributed by atoms with Crippen LogP contribution in [0.2, 0.25) is 5.28 Å². The van der Waals surface area contributed by atoms with Crippen LogP contribution in [0.1, 0.15) is 16.1 Å². The van der Waals surface area contributed by atoms with Gasteiger partial charge in [0.05, 0.1) is 18.2 Å². The maximum Gasteiger partial charge on any atom is 0.416 e. The smallest absolute Gasteiger partial charge is 0.416 e. The molecule has 1 aromatic carbocycles. The molecule has 0 radical (unpaired) electrons. The molecule has 0 saturated heterocycles. The number of alkyl halides is 3. The van der Waals surface area contributed by atoms with Crippen LogP contribution in [-0.2, 0) is 10.9 Å². The number of methoxy groups -OCH3 is 1. The quantitative estimate of drug-likeness (QED) is 0.598. The van der Waals surface area contributed by atoms with Crippen LogP contribution < -0.4 is 0 Å². The Hall–Kier alpha value is -1.89. The van der Waals surface area contributed by atoms with Gasteiger partial charge in [-0.2, -0.15) is 13.2 Å². The fourth-order valence-electron chi connectivity index (χ4n) is 1.53. The number of carbonyl (C=O) groups is 1. The van der Waals surface area contributed by atoms with Gasteiger partial charge in [-0.05, 0) is 29.8 Å². The van der Waals surface area contributed by atoms with Gasteiger partial charge in [0.15, 0.2) is 5.69 Å². The summed E-state index contributed by atoms with van der Waals surface area (Å²) in [6.07, 6.45) is -4.53. The minimum atomic E-state index is -4.53. The van der Waals surface area contributed by atoms with E-state index in [1.807, 2.05) is 0 Å². The van der Waals surface area contributed by atoms with Gasteiger partial charge in [0.25, 0.3) is 0 Å². The average Bonchev–Trinajstić information content (AvgIpc) is 2.35. The fraction of sp³-hybridized carbons (Fsp3) is 0.182. The first kappa shape index (κ1) is 13.5. The Kier molecular flexibility index (Phi) is 3.32. The lowest BCUT2D eigenvalue weighted by Crippen LogP contribution is -2.09. The van der Waals surface area contributed by atoms with E-state index in [0.717, 1.165) is 25.3 Å². The van der Waals surface area contributed by atoms with Gasteiger partial charge in [0, 0.05) is 5.39 Å². The molecule has 4 nitrogen and oxygen atoms in total. The lowest BCUT2D eigenvalue weighted by Gasteiger charge is -2.09. The summed E-state index contributed by atoms with van der Waals surface area (Å²) in [6, 6.07) is 2.77. The highest BCUT2D eigenvalue weighted by molar-refractivity contribution is 6.29. The molecular weight excluding hydrogens is 285 g/mol. The first-order chi connectivity index (χ1) is 8.82. The maximum absolute atomic E-state index is 12.6. The summed E-state index contributed by atoms with van der Waals surface area (Å²) in [5.74, 6) is -0.881. The van der Waals surface area contributed by atoms with Crippen molar-refractivity contribution in [3.8, 4) is 0 Å². The van der Waals surface area contributed by atoms with Crippen LogP contribution in [0.5, 0.6) is 0 Å². The van der Waals surface area contributed by atoms with E-state index >= 15 is 0 Å². The van der Waals surface area contributed by atoms with Gasteiger partial charge in [-0.1, -0.05) is 0 Å². The Morgan fingerprint density at radius 2 is 2.00 bits per heavy atom. The second-order valence-electron chi connectivity index (χ2n) is 3.56. The van der Waals surface area contributed by atoms with E-state index in [1.54, 1.807) is 0 Å². The zero-order valence-corrected chi connectivity index (χ0v) is 10.2. The van der Waals surface area contributed by atoms with Crippen LogP contribution in [0.25, 0.3) is 10.9 Å². The van der Waals surface area contributed by atoms with E-state index < -0.39 is 17.7 Å². The number of nitrogens with zero attached hydrogens (tertiary/aromatic N) is 2. The number of rotatable bonds is 1. The number of aromatic nitrogens is 2. The fourth-order valence-corrected chi connectivity index (χ4v) is 1.70. The molecule has 19 heavy (non-hydrogen) atoms. The summed E-state index contributed by atoms with van der Waals surface area (Å²) >= 11 is 5.60. The lowest BCUT2D eigenvalue weighted by molar-refractivity contribution is -0.137. The zero-order valence-electron chi connectivity index (χ0n) is 9.45. The molecule has 1 aromatic heterocycles. The van der Waals surface area contributed by atoms with Crippen molar-refractivity contribution in [1.82, 2.24) is 9.97 Å². The van der Waals surface area contributed by atoms with Crippen LogP contribution in [0.15, 0.2) is 18.2 Å². The van der Waals surface area contributed by atoms with Gasteiger partial charge in [-0.15, -0.1) is 0 Å². The number of fused-ring (bicyclic) bond motifs is 1. The number of hydrogen-bond donors (Lipinski definition) is 0. The third-order valence-corrected chi connectivity index (χ3v) is 2.54. The molecule has 1 heterocycles. The Morgan fingerprint density at radius 3 is 2.58 bits per heavy atom. The summed E-state index contributed by atoms with van der Waals surface area (Å²) in [6.45, 7) is 0. The van der Waals surface area contributed by atoms with Crippen molar-refractivity contribution >= 4 is 28.5 Å². The third kappa shape index (κ3) is 2.60. The number of hydrogen-bond acceptors (Lipinski definition) is 4. The molecule has 0 unspecified atom stereocenters. The monoisotopic (exact) mass is 290 g/mol. The van der Waals surface area contributed by atoms with E-state index in [0.29, 0.717) is 0 Å². The van der Waals surface area contributed by atoms with Crippen molar-refractivity contribution in [2.45, 2.75) is 6.18 Å². The highest BCUT2D eigenvalue weighted by atomic mass is 35.5. The molecule has 0 saturated carbocycles. The standard InChI is InChI=1S/C11H6ClF3N2O2/c1-19-9(18)8-6-4-5(11(13,14)15)2-3-7(6)16-10(12)17-8/h2-4H,1H3. The van der Waals surface area contributed by atoms with Crippen LogP contribution in [0.3, 0.4) is 0 Å². The molecule has 0 aliphatic heterocycles. The highest BCUT2D eigenvalue weighted by Gasteiger charge is 2.31. The number of benzene rings is 1. The highest BCUT2D eigenvalue weighted by Crippen LogP contribution is 2.32. The molecule has 2 aromatic rings. The Bertz CT molecular complexity index is 658.